The van der Waals surface area contributed by atoms with Crippen LogP contribution in [0.1, 0.15) is 12.5 Å². The lowest BCUT2D eigenvalue weighted by atomic mass is 10.1. The smallest absolute Gasteiger partial charge is 0.174 e. The number of rotatable bonds is 4. The van der Waals surface area contributed by atoms with Crippen LogP contribution in [0.3, 0.4) is 0 Å². The monoisotopic (exact) mass is 195 g/mol. The molecule has 0 N–H and O–H groups in total. The van der Waals surface area contributed by atoms with Crippen molar-refractivity contribution in [3.05, 3.63) is 29.8 Å². The molecule has 0 saturated heterocycles. The Hall–Kier alpha value is -1.55. The number of hydrogen-bond acceptors (Lipinski definition) is 4. The second-order valence-electron chi connectivity index (χ2n) is 2.61. The van der Waals surface area contributed by atoms with E-state index >= 15 is 0 Å². The molecule has 0 fully saturated rings. The first-order valence-corrected chi connectivity index (χ1v) is 4.17. The predicted molar refractivity (Wildman–Crippen MR) is 53.3 cm³/mol. The summed E-state index contributed by atoms with van der Waals surface area (Å²) in [7, 11) is 2.96. The molecule has 0 radical (unpaired) electrons. The summed E-state index contributed by atoms with van der Waals surface area (Å²) in [5.41, 5.74) is 1.58. The molecule has 1 aromatic carbocycles. The standard InChI is InChI=1S/C10H13NO3/c1-8(11-12-2)9-6-4-5-7-10(9)14-13-3/h4-7H,1-3H3/b11-8+. The van der Waals surface area contributed by atoms with E-state index in [4.69, 9.17) is 4.89 Å². The normalized spacial score (nSPS) is 11.2. The van der Waals surface area contributed by atoms with E-state index in [0.29, 0.717) is 5.75 Å². The second-order valence-corrected chi connectivity index (χ2v) is 2.61. The Morgan fingerprint density at radius 3 is 2.57 bits per heavy atom. The summed E-state index contributed by atoms with van der Waals surface area (Å²) >= 11 is 0. The SMILES string of the molecule is CO/N=C(\C)c1ccccc1OOC. The van der Waals surface area contributed by atoms with Crippen LogP contribution in [-0.4, -0.2) is 19.9 Å². The van der Waals surface area contributed by atoms with Crippen molar-refractivity contribution in [1.82, 2.24) is 0 Å². The van der Waals surface area contributed by atoms with Gasteiger partial charge in [0.05, 0.1) is 12.8 Å². The molecular formula is C10H13NO3. The van der Waals surface area contributed by atoms with Gasteiger partial charge >= 0.3 is 0 Å². The van der Waals surface area contributed by atoms with Crippen molar-refractivity contribution in [2.45, 2.75) is 6.92 Å². The molecule has 1 rings (SSSR count). The van der Waals surface area contributed by atoms with E-state index in [0.717, 1.165) is 11.3 Å². The topological polar surface area (TPSA) is 40.0 Å². The summed E-state index contributed by atoms with van der Waals surface area (Å²) in [4.78, 5) is 14.3. The van der Waals surface area contributed by atoms with Crippen LogP contribution in [-0.2, 0) is 9.73 Å². The van der Waals surface area contributed by atoms with Crippen molar-refractivity contribution in [2.75, 3.05) is 14.2 Å². The Kier molecular flexibility index (Phi) is 3.94. The molecule has 0 spiro atoms. The summed E-state index contributed by atoms with van der Waals surface area (Å²) in [6.45, 7) is 1.83. The van der Waals surface area contributed by atoms with E-state index in [2.05, 4.69) is 14.9 Å². The number of hydrogen-bond donors (Lipinski definition) is 0. The van der Waals surface area contributed by atoms with E-state index in [1.165, 1.54) is 14.2 Å². The fourth-order valence-corrected chi connectivity index (χ4v) is 1.11. The number of nitrogens with zero attached hydrogens (tertiary/aromatic N) is 1. The summed E-state index contributed by atoms with van der Waals surface area (Å²) in [5, 5.41) is 3.82. The molecule has 0 bridgehead atoms. The number of oxime groups is 1. The summed E-state index contributed by atoms with van der Waals surface area (Å²) in [6.07, 6.45) is 0. The maximum Gasteiger partial charge on any atom is 0.174 e. The second kappa shape index (κ2) is 5.24. The highest BCUT2D eigenvalue weighted by atomic mass is 17.2. The highest BCUT2D eigenvalue weighted by Crippen LogP contribution is 2.18. The van der Waals surface area contributed by atoms with E-state index < -0.39 is 0 Å². The zero-order valence-electron chi connectivity index (χ0n) is 8.48. The average molecular weight is 195 g/mol. The van der Waals surface area contributed by atoms with Crippen LogP contribution in [0.15, 0.2) is 29.4 Å². The van der Waals surface area contributed by atoms with Crippen LogP contribution >= 0.6 is 0 Å². The Morgan fingerprint density at radius 2 is 1.93 bits per heavy atom. The van der Waals surface area contributed by atoms with Gasteiger partial charge in [0.25, 0.3) is 0 Å². The van der Waals surface area contributed by atoms with Gasteiger partial charge in [0.1, 0.15) is 7.11 Å². The third-order valence-corrected chi connectivity index (χ3v) is 1.68. The van der Waals surface area contributed by atoms with Crippen molar-refractivity contribution in [2.24, 2.45) is 5.16 Å². The summed E-state index contributed by atoms with van der Waals surface area (Å²) in [5.74, 6) is 0.619. The quantitative estimate of drug-likeness (QED) is 0.419. The molecule has 4 nitrogen and oxygen atoms in total. The molecule has 76 valence electrons. The van der Waals surface area contributed by atoms with E-state index in [1.807, 2.05) is 25.1 Å². The van der Waals surface area contributed by atoms with E-state index in [1.54, 1.807) is 6.07 Å². The van der Waals surface area contributed by atoms with Gasteiger partial charge in [-0.05, 0) is 19.1 Å². The van der Waals surface area contributed by atoms with Crippen molar-refractivity contribution < 1.29 is 14.6 Å². The predicted octanol–water partition coefficient (Wildman–Crippen LogP) is 2.00. The lowest BCUT2D eigenvalue weighted by Gasteiger charge is -2.06. The molecule has 0 atom stereocenters. The van der Waals surface area contributed by atoms with Crippen LogP contribution in [0.2, 0.25) is 0 Å². The first-order valence-electron chi connectivity index (χ1n) is 4.17. The molecule has 1 aromatic rings. The van der Waals surface area contributed by atoms with Crippen LogP contribution in [0.4, 0.5) is 0 Å². The maximum absolute atomic E-state index is 4.97. The molecule has 0 saturated carbocycles. The number of benzene rings is 1. The zero-order chi connectivity index (χ0) is 10.4. The van der Waals surface area contributed by atoms with Gasteiger partial charge in [0.15, 0.2) is 5.75 Å². The van der Waals surface area contributed by atoms with Crippen LogP contribution < -0.4 is 4.89 Å². The minimum absolute atomic E-state index is 0.619. The van der Waals surface area contributed by atoms with Gasteiger partial charge in [-0.25, -0.2) is 0 Å². The largest absolute Gasteiger partial charge is 0.399 e. The molecule has 0 heterocycles. The van der Waals surface area contributed by atoms with Crippen LogP contribution in [0, 0.1) is 0 Å². The van der Waals surface area contributed by atoms with E-state index in [-0.39, 0.29) is 0 Å². The average Bonchev–Trinajstić information content (AvgIpc) is 2.19. The Labute approximate surface area is 83.0 Å². The fraction of sp³-hybridized carbons (Fsp3) is 0.300. The van der Waals surface area contributed by atoms with Gasteiger partial charge in [-0.3, -0.25) is 0 Å². The van der Waals surface area contributed by atoms with E-state index in [9.17, 15) is 0 Å². The van der Waals surface area contributed by atoms with Gasteiger partial charge in [-0.15, -0.1) is 0 Å². The Balaban J connectivity index is 3.00. The van der Waals surface area contributed by atoms with Gasteiger partial charge in [0.2, 0.25) is 0 Å². The first-order chi connectivity index (χ1) is 6.79. The zero-order valence-corrected chi connectivity index (χ0v) is 8.48. The molecule has 0 amide bonds. The van der Waals surface area contributed by atoms with Gasteiger partial charge in [0, 0.05) is 5.56 Å². The minimum Gasteiger partial charge on any atom is -0.399 e. The van der Waals surface area contributed by atoms with Crippen LogP contribution in [0.25, 0.3) is 0 Å². The van der Waals surface area contributed by atoms with Crippen LogP contribution in [0.5, 0.6) is 5.75 Å². The molecule has 0 unspecified atom stereocenters. The maximum atomic E-state index is 4.97. The molecule has 0 aromatic heterocycles. The summed E-state index contributed by atoms with van der Waals surface area (Å²) in [6, 6.07) is 7.43. The van der Waals surface area contributed by atoms with Crippen molar-refractivity contribution in [3.63, 3.8) is 0 Å². The highest BCUT2D eigenvalue weighted by Gasteiger charge is 2.06. The highest BCUT2D eigenvalue weighted by molar-refractivity contribution is 6.00. The Bertz CT molecular complexity index is 323. The molecule has 4 heteroatoms. The molecule has 0 aliphatic heterocycles. The molecular weight excluding hydrogens is 182 g/mol. The molecule has 14 heavy (non-hydrogen) atoms. The lowest BCUT2D eigenvalue weighted by Crippen LogP contribution is -2.01. The Morgan fingerprint density at radius 1 is 1.21 bits per heavy atom. The van der Waals surface area contributed by atoms with Gasteiger partial charge in [-0.1, -0.05) is 17.3 Å². The third-order valence-electron chi connectivity index (χ3n) is 1.68. The van der Waals surface area contributed by atoms with Crippen molar-refractivity contribution >= 4 is 5.71 Å². The van der Waals surface area contributed by atoms with Gasteiger partial charge in [-0.2, -0.15) is 4.89 Å². The molecule has 0 aliphatic rings. The number of para-hydroxylation sites is 1. The first kappa shape index (κ1) is 10.5. The van der Waals surface area contributed by atoms with Gasteiger partial charge < -0.3 is 9.73 Å². The molecule has 0 aliphatic carbocycles. The summed E-state index contributed by atoms with van der Waals surface area (Å²) < 4.78 is 0. The minimum atomic E-state index is 0.619. The fourth-order valence-electron chi connectivity index (χ4n) is 1.11. The van der Waals surface area contributed by atoms with Crippen molar-refractivity contribution in [1.29, 1.82) is 0 Å². The lowest BCUT2D eigenvalue weighted by molar-refractivity contribution is -0.178. The third kappa shape index (κ3) is 2.47. The van der Waals surface area contributed by atoms with Crippen molar-refractivity contribution in [3.8, 4) is 5.75 Å².